The van der Waals surface area contributed by atoms with Crippen LogP contribution in [0.4, 0.5) is 0 Å². The first-order valence-electron chi connectivity index (χ1n) is 6.35. The fourth-order valence-electron chi connectivity index (χ4n) is 1.86. The van der Waals surface area contributed by atoms with Crippen LogP contribution < -0.4 is 11.1 Å². The molecule has 7 nitrogen and oxygen atoms in total. The summed E-state index contributed by atoms with van der Waals surface area (Å²) in [5, 5.41) is 2.59. The molecule has 0 radical (unpaired) electrons. The lowest BCUT2D eigenvalue weighted by Gasteiger charge is -2.23. The topological polar surface area (TPSA) is 107 Å². The molecule has 2 heterocycles. The van der Waals surface area contributed by atoms with E-state index in [0.29, 0.717) is 5.52 Å². The Labute approximate surface area is 135 Å². The zero-order valence-electron chi connectivity index (χ0n) is 12.5. The molecule has 22 heavy (non-hydrogen) atoms. The normalized spacial score (nSPS) is 12.0. The van der Waals surface area contributed by atoms with Gasteiger partial charge in [0, 0.05) is 24.5 Å². The van der Waals surface area contributed by atoms with Crippen molar-refractivity contribution in [2.45, 2.75) is 24.5 Å². The van der Waals surface area contributed by atoms with E-state index < -0.39 is 21.3 Å². The number of imidazole rings is 1. The van der Waals surface area contributed by atoms with Gasteiger partial charge in [-0.25, -0.2) is 13.4 Å². The number of pyridine rings is 1. The van der Waals surface area contributed by atoms with Crippen molar-refractivity contribution in [3.8, 4) is 0 Å². The third-order valence-electron chi connectivity index (χ3n) is 3.02. The molecule has 0 atom stereocenters. The van der Waals surface area contributed by atoms with Gasteiger partial charge in [0.15, 0.2) is 5.69 Å². The fourth-order valence-corrected chi connectivity index (χ4v) is 2.63. The minimum Gasteiger partial charge on any atom is -0.344 e. The second-order valence-corrected chi connectivity index (χ2v) is 7.42. The lowest BCUT2D eigenvalue weighted by molar-refractivity contribution is 0.0912. The molecule has 2 aromatic heterocycles. The standard InChI is InChI=1S/C13H18N4O3S.ClH/c1-13(2,8-14)16-11(18)10-9-6-4-5-7-17(9)12(15-10)21(3,19)20;/h4-7H,8,14H2,1-3H3,(H,16,18);1H. The van der Waals surface area contributed by atoms with Crippen LogP contribution in [0.5, 0.6) is 0 Å². The van der Waals surface area contributed by atoms with Crippen molar-refractivity contribution in [1.29, 1.82) is 0 Å². The van der Waals surface area contributed by atoms with E-state index in [-0.39, 0.29) is 29.8 Å². The van der Waals surface area contributed by atoms with Crippen molar-refractivity contribution in [2.75, 3.05) is 12.8 Å². The molecule has 0 aliphatic heterocycles. The Kier molecular flexibility index (Phi) is 5.21. The highest BCUT2D eigenvalue weighted by atomic mass is 35.5. The monoisotopic (exact) mass is 346 g/mol. The van der Waals surface area contributed by atoms with E-state index in [1.165, 1.54) is 4.40 Å². The van der Waals surface area contributed by atoms with Crippen molar-refractivity contribution in [3.05, 3.63) is 30.1 Å². The minimum atomic E-state index is -3.54. The number of nitrogens with two attached hydrogens (primary N) is 1. The quantitative estimate of drug-likeness (QED) is 0.844. The number of halogens is 1. The summed E-state index contributed by atoms with van der Waals surface area (Å²) in [7, 11) is -3.54. The van der Waals surface area contributed by atoms with Gasteiger partial charge in [-0.05, 0) is 26.0 Å². The molecular weight excluding hydrogens is 328 g/mol. The van der Waals surface area contributed by atoms with Crippen molar-refractivity contribution in [3.63, 3.8) is 0 Å². The maximum atomic E-state index is 12.3. The van der Waals surface area contributed by atoms with Gasteiger partial charge in [0.2, 0.25) is 15.0 Å². The van der Waals surface area contributed by atoms with Crippen LogP contribution in [0, 0.1) is 0 Å². The van der Waals surface area contributed by atoms with Crippen LogP contribution >= 0.6 is 12.4 Å². The second-order valence-electron chi connectivity index (χ2n) is 5.51. The van der Waals surface area contributed by atoms with Crippen molar-refractivity contribution in [1.82, 2.24) is 14.7 Å². The van der Waals surface area contributed by atoms with Crippen LogP contribution in [0.3, 0.4) is 0 Å². The number of hydrogen-bond acceptors (Lipinski definition) is 5. The molecule has 2 aromatic rings. The Morgan fingerprint density at radius 3 is 2.59 bits per heavy atom. The number of rotatable bonds is 4. The van der Waals surface area contributed by atoms with E-state index in [1.54, 1.807) is 38.2 Å². The molecule has 0 saturated carbocycles. The van der Waals surface area contributed by atoms with Gasteiger partial charge in [0.05, 0.1) is 5.52 Å². The van der Waals surface area contributed by atoms with Crippen LogP contribution in [-0.4, -0.2) is 42.0 Å². The van der Waals surface area contributed by atoms with Gasteiger partial charge in [0.1, 0.15) is 0 Å². The number of nitrogens with zero attached hydrogens (tertiary/aromatic N) is 2. The van der Waals surface area contributed by atoms with Gasteiger partial charge in [-0.3, -0.25) is 9.20 Å². The third kappa shape index (κ3) is 3.57. The Morgan fingerprint density at radius 1 is 1.41 bits per heavy atom. The average Bonchev–Trinajstić information content (AvgIpc) is 2.77. The molecule has 0 saturated heterocycles. The summed E-state index contributed by atoms with van der Waals surface area (Å²) >= 11 is 0. The molecule has 0 unspecified atom stereocenters. The summed E-state index contributed by atoms with van der Waals surface area (Å²) in [4.78, 5) is 16.3. The molecular formula is C13H19ClN4O3S. The first-order chi connectivity index (χ1) is 9.65. The summed E-state index contributed by atoms with van der Waals surface area (Å²) < 4.78 is 25.0. The van der Waals surface area contributed by atoms with Crippen molar-refractivity contribution >= 4 is 33.7 Å². The lowest BCUT2D eigenvalue weighted by Crippen LogP contribution is -2.49. The van der Waals surface area contributed by atoms with Crippen LogP contribution in [0.25, 0.3) is 5.52 Å². The largest absolute Gasteiger partial charge is 0.344 e. The molecule has 2 rings (SSSR count). The number of sulfone groups is 1. The van der Waals surface area contributed by atoms with Gasteiger partial charge in [-0.1, -0.05) is 6.07 Å². The maximum absolute atomic E-state index is 12.3. The molecule has 0 aromatic carbocycles. The van der Waals surface area contributed by atoms with E-state index in [1.807, 2.05) is 0 Å². The molecule has 0 spiro atoms. The predicted octanol–water partition coefficient (Wildman–Crippen LogP) is 0.627. The van der Waals surface area contributed by atoms with E-state index in [2.05, 4.69) is 10.3 Å². The number of hydrogen-bond donors (Lipinski definition) is 2. The van der Waals surface area contributed by atoms with Gasteiger partial charge >= 0.3 is 0 Å². The Morgan fingerprint density at radius 2 is 2.05 bits per heavy atom. The summed E-state index contributed by atoms with van der Waals surface area (Å²) in [5.74, 6) is -0.455. The van der Waals surface area contributed by atoms with Gasteiger partial charge in [-0.15, -0.1) is 12.4 Å². The summed E-state index contributed by atoms with van der Waals surface area (Å²) in [6.07, 6.45) is 2.61. The Hall–Kier alpha value is -1.64. The van der Waals surface area contributed by atoms with E-state index >= 15 is 0 Å². The average molecular weight is 347 g/mol. The number of aromatic nitrogens is 2. The number of amides is 1. The molecule has 0 aliphatic carbocycles. The van der Waals surface area contributed by atoms with Gasteiger partial charge in [0.25, 0.3) is 5.91 Å². The maximum Gasteiger partial charge on any atom is 0.272 e. The van der Waals surface area contributed by atoms with Crippen molar-refractivity contribution in [2.24, 2.45) is 5.73 Å². The third-order valence-corrected chi connectivity index (χ3v) is 3.98. The van der Waals surface area contributed by atoms with Crippen LogP contribution in [0.1, 0.15) is 24.3 Å². The minimum absolute atomic E-state index is 0. The lowest BCUT2D eigenvalue weighted by atomic mass is 10.1. The number of carbonyl (C=O) groups is 1. The van der Waals surface area contributed by atoms with E-state index in [9.17, 15) is 13.2 Å². The second kappa shape index (κ2) is 6.23. The predicted molar refractivity (Wildman–Crippen MR) is 86.1 cm³/mol. The van der Waals surface area contributed by atoms with Gasteiger partial charge < -0.3 is 11.1 Å². The van der Waals surface area contributed by atoms with Crippen molar-refractivity contribution < 1.29 is 13.2 Å². The highest BCUT2D eigenvalue weighted by Crippen LogP contribution is 2.17. The fraction of sp³-hybridized carbons (Fsp3) is 0.385. The van der Waals surface area contributed by atoms with Crippen LogP contribution in [-0.2, 0) is 9.84 Å². The first-order valence-corrected chi connectivity index (χ1v) is 8.24. The molecule has 9 heteroatoms. The Balaban J connectivity index is 0.00000242. The smallest absolute Gasteiger partial charge is 0.272 e. The molecule has 1 amide bonds. The molecule has 0 fully saturated rings. The van der Waals surface area contributed by atoms with E-state index in [0.717, 1.165) is 6.26 Å². The highest BCUT2D eigenvalue weighted by Gasteiger charge is 2.26. The highest BCUT2D eigenvalue weighted by molar-refractivity contribution is 7.90. The Bertz CT molecular complexity index is 799. The summed E-state index contributed by atoms with van der Waals surface area (Å²) in [6, 6.07) is 5.04. The van der Waals surface area contributed by atoms with Crippen LogP contribution in [0.15, 0.2) is 29.6 Å². The summed E-state index contributed by atoms with van der Waals surface area (Å²) in [5.41, 5.74) is 5.48. The summed E-state index contributed by atoms with van der Waals surface area (Å²) in [6.45, 7) is 3.81. The molecule has 122 valence electrons. The number of fused-ring (bicyclic) bond motifs is 1. The first kappa shape index (κ1) is 18.4. The zero-order valence-corrected chi connectivity index (χ0v) is 14.2. The number of carbonyl (C=O) groups excluding carboxylic acids is 1. The molecule has 0 aliphatic rings. The van der Waals surface area contributed by atoms with Gasteiger partial charge in [-0.2, -0.15) is 0 Å². The van der Waals surface area contributed by atoms with Crippen LogP contribution in [0.2, 0.25) is 0 Å². The SMILES string of the molecule is CC(C)(CN)NC(=O)c1nc(S(C)(=O)=O)n2ccccc12.Cl. The molecule has 0 bridgehead atoms. The molecule has 3 N–H and O–H groups in total. The number of nitrogens with one attached hydrogen (secondary N) is 1. The van der Waals surface area contributed by atoms with E-state index in [4.69, 9.17) is 5.73 Å². The zero-order chi connectivity index (χ0) is 15.8.